The fraction of sp³-hybridized carbons (Fsp3) is 0.571. The Hall–Kier alpha value is -1.43. The molecule has 6 nitrogen and oxygen atoms in total. The first-order valence-corrected chi connectivity index (χ1v) is 3.90. The van der Waals surface area contributed by atoms with Gasteiger partial charge in [0.1, 0.15) is 5.82 Å². The zero-order valence-corrected chi connectivity index (χ0v) is 7.63. The molecule has 1 aromatic rings. The zero-order valence-electron chi connectivity index (χ0n) is 7.63. The van der Waals surface area contributed by atoms with Crippen molar-refractivity contribution in [1.29, 1.82) is 0 Å². The van der Waals surface area contributed by atoms with Crippen LogP contribution in [0.1, 0.15) is 12.2 Å². The fourth-order valence-electron chi connectivity index (χ4n) is 0.781. The molecular weight excluding hydrogens is 172 g/mol. The molecule has 0 aromatic carbocycles. The number of hydrogen-bond donors (Lipinski definition) is 2. The van der Waals surface area contributed by atoms with E-state index in [0.29, 0.717) is 24.8 Å². The van der Waals surface area contributed by atoms with E-state index >= 15 is 0 Å². The SMILES string of the molecule is COCCC(=O)Nc1n[nH]c(C)n1. The van der Waals surface area contributed by atoms with Crippen molar-refractivity contribution in [2.75, 3.05) is 19.0 Å². The van der Waals surface area contributed by atoms with Gasteiger partial charge in [-0.15, -0.1) is 5.10 Å². The second-order valence-corrected chi connectivity index (χ2v) is 2.54. The van der Waals surface area contributed by atoms with Crippen LogP contribution in [0.25, 0.3) is 0 Å². The van der Waals surface area contributed by atoms with Crippen LogP contribution in [0.4, 0.5) is 5.95 Å². The summed E-state index contributed by atoms with van der Waals surface area (Å²) in [6, 6.07) is 0. The largest absolute Gasteiger partial charge is 0.384 e. The van der Waals surface area contributed by atoms with E-state index in [1.165, 1.54) is 0 Å². The van der Waals surface area contributed by atoms with Crippen molar-refractivity contribution in [1.82, 2.24) is 15.2 Å². The third-order valence-corrected chi connectivity index (χ3v) is 1.38. The average Bonchev–Trinajstić information content (AvgIpc) is 2.48. The molecular formula is C7H12N4O2. The highest BCUT2D eigenvalue weighted by Gasteiger charge is 2.04. The van der Waals surface area contributed by atoms with Gasteiger partial charge in [-0.3, -0.25) is 15.2 Å². The number of ether oxygens (including phenoxy) is 1. The van der Waals surface area contributed by atoms with Crippen LogP contribution in [0.5, 0.6) is 0 Å². The summed E-state index contributed by atoms with van der Waals surface area (Å²) >= 11 is 0. The van der Waals surface area contributed by atoms with Crippen molar-refractivity contribution >= 4 is 11.9 Å². The predicted molar refractivity (Wildman–Crippen MR) is 46.2 cm³/mol. The lowest BCUT2D eigenvalue weighted by Gasteiger charge is -1.98. The Morgan fingerprint density at radius 2 is 2.46 bits per heavy atom. The van der Waals surface area contributed by atoms with Gasteiger partial charge < -0.3 is 4.74 Å². The Balaban J connectivity index is 2.36. The van der Waals surface area contributed by atoms with Crippen molar-refractivity contribution in [3.05, 3.63) is 5.82 Å². The smallest absolute Gasteiger partial charge is 0.248 e. The number of carbonyl (C=O) groups is 1. The highest BCUT2D eigenvalue weighted by molar-refractivity contribution is 5.88. The molecule has 1 amide bonds. The number of rotatable bonds is 4. The maximum absolute atomic E-state index is 11.1. The van der Waals surface area contributed by atoms with E-state index in [0.717, 1.165) is 0 Å². The molecule has 0 atom stereocenters. The highest BCUT2D eigenvalue weighted by atomic mass is 16.5. The van der Waals surface area contributed by atoms with E-state index in [9.17, 15) is 4.79 Å². The summed E-state index contributed by atoms with van der Waals surface area (Å²) in [5.41, 5.74) is 0. The lowest BCUT2D eigenvalue weighted by molar-refractivity contribution is -0.117. The molecule has 0 saturated heterocycles. The molecule has 6 heteroatoms. The van der Waals surface area contributed by atoms with Crippen LogP contribution in [0.3, 0.4) is 0 Å². The first-order valence-electron chi connectivity index (χ1n) is 3.90. The summed E-state index contributed by atoms with van der Waals surface area (Å²) in [6.07, 6.45) is 0.310. The van der Waals surface area contributed by atoms with Crippen molar-refractivity contribution in [3.8, 4) is 0 Å². The summed E-state index contributed by atoms with van der Waals surface area (Å²) < 4.78 is 4.75. The van der Waals surface area contributed by atoms with Crippen LogP contribution in [0.15, 0.2) is 0 Å². The van der Waals surface area contributed by atoms with Gasteiger partial charge in [0.05, 0.1) is 13.0 Å². The van der Waals surface area contributed by atoms with Gasteiger partial charge in [0, 0.05) is 7.11 Å². The molecule has 1 heterocycles. The van der Waals surface area contributed by atoms with E-state index < -0.39 is 0 Å². The van der Waals surface area contributed by atoms with E-state index in [1.807, 2.05) is 0 Å². The van der Waals surface area contributed by atoms with Crippen molar-refractivity contribution < 1.29 is 9.53 Å². The number of hydrogen-bond acceptors (Lipinski definition) is 4. The minimum absolute atomic E-state index is 0.152. The molecule has 0 saturated carbocycles. The Labute approximate surface area is 75.7 Å². The second kappa shape index (κ2) is 4.56. The van der Waals surface area contributed by atoms with Crippen LogP contribution >= 0.6 is 0 Å². The van der Waals surface area contributed by atoms with Crippen LogP contribution in [-0.2, 0) is 9.53 Å². The third-order valence-electron chi connectivity index (χ3n) is 1.38. The first kappa shape index (κ1) is 9.66. The topological polar surface area (TPSA) is 79.9 Å². The van der Waals surface area contributed by atoms with Gasteiger partial charge in [-0.05, 0) is 6.92 Å². The molecule has 0 unspecified atom stereocenters. The average molecular weight is 184 g/mol. The van der Waals surface area contributed by atoms with Crippen molar-refractivity contribution in [2.45, 2.75) is 13.3 Å². The van der Waals surface area contributed by atoms with E-state index in [-0.39, 0.29) is 5.91 Å². The lowest BCUT2D eigenvalue weighted by atomic mass is 10.4. The van der Waals surface area contributed by atoms with Crippen LogP contribution in [-0.4, -0.2) is 34.8 Å². The van der Waals surface area contributed by atoms with Gasteiger partial charge in [-0.25, -0.2) is 0 Å². The molecule has 0 spiro atoms. The van der Waals surface area contributed by atoms with Crippen molar-refractivity contribution in [2.24, 2.45) is 0 Å². The molecule has 0 radical (unpaired) electrons. The first-order chi connectivity index (χ1) is 6.22. The van der Waals surface area contributed by atoms with Gasteiger partial charge in [0.15, 0.2) is 0 Å². The Kier molecular flexibility index (Phi) is 3.39. The zero-order chi connectivity index (χ0) is 9.68. The summed E-state index contributed by atoms with van der Waals surface area (Å²) in [5.74, 6) is 0.821. The number of aromatic nitrogens is 3. The Morgan fingerprint density at radius 1 is 1.69 bits per heavy atom. The lowest BCUT2D eigenvalue weighted by Crippen LogP contribution is -2.14. The normalized spacial score (nSPS) is 10.0. The molecule has 1 aromatic heterocycles. The maximum atomic E-state index is 11.1. The summed E-state index contributed by atoms with van der Waals surface area (Å²) in [5, 5.41) is 8.90. The molecule has 0 fully saturated rings. The fourth-order valence-corrected chi connectivity index (χ4v) is 0.781. The number of carbonyl (C=O) groups excluding carboxylic acids is 1. The summed E-state index contributed by atoms with van der Waals surface area (Å²) in [7, 11) is 1.55. The number of nitrogens with one attached hydrogen (secondary N) is 2. The standard InChI is InChI=1S/C7H12N4O2/c1-5-8-7(11-10-5)9-6(12)3-4-13-2/h3-4H2,1-2H3,(H2,8,9,10,11,12). The summed E-state index contributed by atoms with van der Waals surface area (Å²) in [4.78, 5) is 15.0. The molecule has 13 heavy (non-hydrogen) atoms. The Bertz CT molecular complexity index is 284. The minimum Gasteiger partial charge on any atom is -0.384 e. The van der Waals surface area contributed by atoms with E-state index in [4.69, 9.17) is 4.74 Å². The van der Waals surface area contributed by atoms with Gasteiger partial charge in [0.25, 0.3) is 0 Å². The Morgan fingerprint density at radius 3 is 3.00 bits per heavy atom. The van der Waals surface area contributed by atoms with E-state index in [2.05, 4.69) is 20.5 Å². The van der Waals surface area contributed by atoms with Gasteiger partial charge in [-0.2, -0.15) is 4.98 Å². The molecule has 1 rings (SSSR count). The molecule has 0 aliphatic heterocycles. The van der Waals surface area contributed by atoms with E-state index in [1.54, 1.807) is 14.0 Å². The highest BCUT2D eigenvalue weighted by Crippen LogP contribution is 1.97. The molecule has 2 N–H and O–H groups in total. The number of aromatic amines is 1. The second-order valence-electron chi connectivity index (χ2n) is 2.54. The molecule has 0 aliphatic carbocycles. The van der Waals surface area contributed by atoms with Crippen molar-refractivity contribution in [3.63, 3.8) is 0 Å². The number of methoxy groups -OCH3 is 1. The van der Waals surface area contributed by atoms with Crippen LogP contribution < -0.4 is 5.32 Å². The number of amides is 1. The van der Waals surface area contributed by atoms with Gasteiger partial charge in [0.2, 0.25) is 11.9 Å². The van der Waals surface area contributed by atoms with Gasteiger partial charge in [-0.1, -0.05) is 0 Å². The number of nitrogens with zero attached hydrogens (tertiary/aromatic N) is 2. The molecule has 0 aliphatic rings. The number of aryl methyl sites for hydroxylation is 1. The van der Waals surface area contributed by atoms with Crippen LogP contribution in [0, 0.1) is 6.92 Å². The minimum atomic E-state index is -0.152. The number of anilines is 1. The predicted octanol–water partition coefficient (Wildman–Crippen LogP) is 0.0881. The third kappa shape index (κ3) is 3.20. The quantitative estimate of drug-likeness (QED) is 0.694. The molecule has 0 bridgehead atoms. The maximum Gasteiger partial charge on any atom is 0.248 e. The van der Waals surface area contributed by atoms with Crippen LogP contribution in [0.2, 0.25) is 0 Å². The van der Waals surface area contributed by atoms with Gasteiger partial charge >= 0.3 is 0 Å². The monoisotopic (exact) mass is 184 g/mol. The summed E-state index contributed by atoms with van der Waals surface area (Å²) in [6.45, 7) is 2.16. The number of H-pyrrole nitrogens is 1. The molecule has 72 valence electrons.